The van der Waals surface area contributed by atoms with Gasteiger partial charge in [0.05, 0.1) is 29.7 Å². The second kappa shape index (κ2) is 9.86. The highest BCUT2D eigenvalue weighted by molar-refractivity contribution is 5.95. The molecule has 0 bridgehead atoms. The molecule has 1 aromatic carbocycles. The largest absolute Gasteiger partial charge is 0.351 e. The lowest BCUT2D eigenvalue weighted by atomic mass is 10.2. The van der Waals surface area contributed by atoms with Gasteiger partial charge < -0.3 is 10.6 Å². The Bertz CT molecular complexity index is 871. The first-order chi connectivity index (χ1) is 14.3. The minimum atomic E-state index is -0.238. The number of amides is 2. The van der Waals surface area contributed by atoms with Crippen molar-refractivity contribution in [3.63, 3.8) is 0 Å². The number of hydrogen-bond acceptors (Lipinski definition) is 5. The molecule has 1 aromatic heterocycles. The number of benzene rings is 1. The summed E-state index contributed by atoms with van der Waals surface area (Å²) in [5.41, 5.74) is 3.65. The molecule has 162 valence electrons. The van der Waals surface area contributed by atoms with Crippen LogP contribution < -0.4 is 10.6 Å². The molecule has 2 aromatic rings. The Morgan fingerprint density at radius 1 is 1.10 bits per heavy atom. The minimum absolute atomic E-state index is 0.0248. The van der Waals surface area contributed by atoms with E-state index >= 15 is 0 Å². The first-order valence-electron chi connectivity index (χ1n) is 10.4. The Morgan fingerprint density at radius 2 is 1.77 bits per heavy atom. The maximum Gasteiger partial charge on any atom is 0.241 e. The SMILES string of the molecule is Cc1nn(C)c(C)c1NC(=O)C(C)N1CCN(CC(=O)NCc2ccccc2)CC1. The minimum Gasteiger partial charge on any atom is -0.351 e. The average molecular weight is 413 g/mol. The van der Waals surface area contributed by atoms with E-state index < -0.39 is 0 Å². The highest BCUT2D eigenvalue weighted by atomic mass is 16.2. The van der Waals surface area contributed by atoms with E-state index in [1.165, 1.54) is 0 Å². The van der Waals surface area contributed by atoms with Gasteiger partial charge in [-0.2, -0.15) is 5.10 Å². The Morgan fingerprint density at radius 3 is 2.37 bits per heavy atom. The summed E-state index contributed by atoms with van der Waals surface area (Å²) in [5, 5.41) is 10.4. The number of aromatic nitrogens is 2. The fourth-order valence-corrected chi connectivity index (χ4v) is 3.71. The Balaban J connectivity index is 1.43. The number of nitrogens with one attached hydrogen (secondary N) is 2. The van der Waals surface area contributed by atoms with Gasteiger partial charge in [0, 0.05) is 39.8 Å². The van der Waals surface area contributed by atoms with Crippen LogP contribution in [-0.4, -0.2) is 70.2 Å². The van der Waals surface area contributed by atoms with Crippen molar-refractivity contribution in [2.75, 3.05) is 38.0 Å². The summed E-state index contributed by atoms with van der Waals surface area (Å²) >= 11 is 0. The fourth-order valence-electron chi connectivity index (χ4n) is 3.71. The van der Waals surface area contributed by atoms with Crippen molar-refractivity contribution in [1.82, 2.24) is 24.9 Å². The summed E-state index contributed by atoms with van der Waals surface area (Å²) in [6, 6.07) is 9.66. The van der Waals surface area contributed by atoms with Crippen molar-refractivity contribution in [2.24, 2.45) is 7.05 Å². The third kappa shape index (κ3) is 5.46. The van der Waals surface area contributed by atoms with Crippen LogP contribution in [0.2, 0.25) is 0 Å². The van der Waals surface area contributed by atoms with Crippen molar-refractivity contribution in [1.29, 1.82) is 0 Å². The summed E-state index contributed by atoms with van der Waals surface area (Å²) < 4.78 is 1.78. The van der Waals surface area contributed by atoms with Crippen molar-refractivity contribution in [3.8, 4) is 0 Å². The molecule has 1 saturated heterocycles. The molecule has 2 amide bonds. The van der Waals surface area contributed by atoms with Crippen molar-refractivity contribution in [3.05, 3.63) is 47.3 Å². The summed E-state index contributed by atoms with van der Waals surface area (Å²) in [5.74, 6) is 0.00359. The van der Waals surface area contributed by atoms with Crippen LogP contribution in [0.3, 0.4) is 0 Å². The number of aryl methyl sites for hydroxylation is 2. The van der Waals surface area contributed by atoms with Gasteiger partial charge in [0.15, 0.2) is 0 Å². The first-order valence-corrected chi connectivity index (χ1v) is 10.4. The number of carbonyl (C=O) groups is 2. The normalized spacial score (nSPS) is 16.3. The maximum atomic E-state index is 12.7. The quantitative estimate of drug-likeness (QED) is 0.716. The lowest BCUT2D eigenvalue weighted by Gasteiger charge is -2.37. The van der Waals surface area contributed by atoms with Crippen LogP contribution in [-0.2, 0) is 23.2 Å². The predicted molar refractivity (Wildman–Crippen MR) is 117 cm³/mol. The van der Waals surface area contributed by atoms with Gasteiger partial charge in [0.25, 0.3) is 0 Å². The van der Waals surface area contributed by atoms with Crippen LogP contribution in [0.25, 0.3) is 0 Å². The summed E-state index contributed by atoms with van der Waals surface area (Å²) in [6.45, 7) is 9.74. The second-order valence-electron chi connectivity index (χ2n) is 7.91. The van der Waals surface area contributed by atoms with E-state index in [-0.39, 0.29) is 17.9 Å². The molecule has 0 spiro atoms. The highest BCUT2D eigenvalue weighted by Gasteiger charge is 2.27. The van der Waals surface area contributed by atoms with Crippen LogP contribution >= 0.6 is 0 Å². The lowest BCUT2D eigenvalue weighted by molar-refractivity contribution is -0.124. The van der Waals surface area contributed by atoms with Crippen LogP contribution in [0.1, 0.15) is 23.9 Å². The lowest BCUT2D eigenvalue weighted by Crippen LogP contribution is -2.54. The molecule has 1 aliphatic rings. The van der Waals surface area contributed by atoms with Gasteiger partial charge in [-0.25, -0.2) is 0 Å². The Kier molecular flexibility index (Phi) is 7.23. The third-order valence-electron chi connectivity index (χ3n) is 5.79. The molecule has 2 N–H and O–H groups in total. The van der Waals surface area contributed by atoms with Crippen molar-refractivity contribution >= 4 is 17.5 Å². The van der Waals surface area contributed by atoms with Gasteiger partial charge in [-0.05, 0) is 26.3 Å². The highest BCUT2D eigenvalue weighted by Crippen LogP contribution is 2.19. The van der Waals surface area contributed by atoms with Crippen molar-refractivity contribution in [2.45, 2.75) is 33.4 Å². The average Bonchev–Trinajstić information content (AvgIpc) is 2.99. The molecule has 3 rings (SSSR count). The fraction of sp³-hybridized carbons (Fsp3) is 0.500. The molecule has 8 heteroatoms. The molecule has 1 atom stereocenters. The van der Waals surface area contributed by atoms with E-state index in [4.69, 9.17) is 0 Å². The standard InChI is InChI=1S/C22H32N6O2/c1-16-21(17(2)26(4)25-16)24-22(30)18(3)28-12-10-27(11-13-28)15-20(29)23-14-19-8-6-5-7-9-19/h5-9,18H,10-15H2,1-4H3,(H,23,29)(H,24,30). The predicted octanol–water partition coefficient (Wildman–Crippen LogP) is 1.30. The molecule has 0 aliphatic carbocycles. The zero-order valence-electron chi connectivity index (χ0n) is 18.3. The summed E-state index contributed by atoms with van der Waals surface area (Å²) in [4.78, 5) is 29.3. The number of carbonyl (C=O) groups excluding carboxylic acids is 2. The maximum absolute atomic E-state index is 12.7. The van der Waals surface area contributed by atoms with Gasteiger partial charge >= 0.3 is 0 Å². The number of anilines is 1. The molecule has 1 aliphatic heterocycles. The molecular formula is C22H32N6O2. The summed E-state index contributed by atoms with van der Waals surface area (Å²) in [7, 11) is 1.87. The molecule has 8 nitrogen and oxygen atoms in total. The molecule has 2 heterocycles. The molecular weight excluding hydrogens is 380 g/mol. The molecule has 1 fully saturated rings. The van der Waals surface area contributed by atoms with Crippen LogP contribution in [0.5, 0.6) is 0 Å². The topological polar surface area (TPSA) is 82.5 Å². The summed E-state index contributed by atoms with van der Waals surface area (Å²) in [6.07, 6.45) is 0. The van der Waals surface area contributed by atoms with Crippen LogP contribution in [0.15, 0.2) is 30.3 Å². The van der Waals surface area contributed by atoms with E-state index in [9.17, 15) is 9.59 Å². The number of rotatable bonds is 7. The zero-order chi connectivity index (χ0) is 21.7. The van der Waals surface area contributed by atoms with Gasteiger partial charge in [0.2, 0.25) is 11.8 Å². The second-order valence-corrected chi connectivity index (χ2v) is 7.91. The van der Waals surface area contributed by atoms with Crippen LogP contribution in [0.4, 0.5) is 5.69 Å². The Labute approximate surface area is 178 Å². The van der Waals surface area contributed by atoms with Gasteiger partial charge in [0.1, 0.15) is 0 Å². The number of nitrogens with zero attached hydrogens (tertiary/aromatic N) is 4. The van der Waals surface area contributed by atoms with Crippen molar-refractivity contribution < 1.29 is 9.59 Å². The van der Waals surface area contributed by atoms with Gasteiger partial charge in [-0.3, -0.25) is 24.1 Å². The van der Waals surface area contributed by atoms with E-state index in [0.717, 1.165) is 48.8 Å². The van der Waals surface area contributed by atoms with Crippen LogP contribution in [0, 0.1) is 13.8 Å². The molecule has 0 radical (unpaired) electrons. The monoisotopic (exact) mass is 412 g/mol. The van der Waals surface area contributed by atoms with E-state index in [1.807, 2.05) is 58.2 Å². The van der Waals surface area contributed by atoms with Gasteiger partial charge in [-0.15, -0.1) is 0 Å². The number of piperazine rings is 1. The van der Waals surface area contributed by atoms with E-state index in [0.29, 0.717) is 13.1 Å². The number of hydrogen-bond donors (Lipinski definition) is 2. The molecule has 0 saturated carbocycles. The third-order valence-corrected chi connectivity index (χ3v) is 5.79. The van der Waals surface area contributed by atoms with E-state index in [1.54, 1.807) is 4.68 Å². The molecule has 30 heavy (non-hydrogen) atoms. The van der Waals surface area contributed by atoms with Gasteiger partial charge in [-0.1, -0.05) is 30.3 Å². The van der Waals surface area contributed by atoms with E-state index in [2.05, 4.69) is 25.5 Å². The molecule has 1 unspecified atom stereocenters. The Hall–Kier alpha value is -2.71. The first kappa shape index (κ1) is 22.0. The zero-order valence-corrected chi connectivity index (χ0v) is 18.3. The smallest absolute Gasteiger partial charge is 0.241 e.